The molecule has 0 aromatic heterocycles. The average molecular weight is 227 g/mol. The van der Waals surface area contributed by atoms with E-state index in [0.717, 1.165) is 6.08 Å². The second-order valence-corrected chi connectivity index (χ2v) is 2.91. The Kier molecular flexibility index (Phi) is 6.72. The molecule has 0 fully saturated rings. The predicted molar refractivity (Wildman–Crippen MR) is 44.4 cm³/mol. The fraction of sp³-hybridized carbons (Fsp3) is 0.500. The van der Waals surface area contributed by atoms with Crippen LogP contribution >= 0.6 is 19.9 Å². The third-order valence-corrected chi connectivity index (χ3v) is 1.80. The first-order chi connectivity index (χ1) is 6.10. The number of alkyl halides is 1. The van der Waals surface area contributed by atoms with Crippen LogP contribution in [-0.4, -0.2) is 24.6 Å². The number of halogens is 1. The smallest absolute Gasteiger partial charge is 0.488 e. The summed E-state index contributed by atoms with van der Waals surface area (Å²) in [4.78, 5) is 20.6. The van der Waals surface area contributed by atoms with Gasteiger partial charge in [0.25, 0.3) is 0 Å². The number of ether oxygens (including phenoxy) is 1. The predicted octanol–water partition coefficient (Wildman–Crippen LogP) is 0.357. The second-order valence-electron chi connectivity index (χ2n) is 1.94. The molecular weight excluding hydrogens is 218 g/mol. The Hall–Kier alpha value is -0.480. The molecule has 0 aliphatic heterocycles. The van der Waals surface area contributed by atoms with Gasteiger partial charge >= 0.3 is 14.2 Å². The van der Waals surface area contributed by atoms with Crippen molar-refractivity contribution in [3.63, 3.8) is 0 Å². The summed E-state index contributed by atoms with van der Waals surface area (Å²) in [5, 5.41) is 0. The average Bonchev–Trinajstić information content (AvgIpc) is 2.10. The van der Waals surface area contributed by atoms with Crippen LogP contribution in [0.15, 0.2) is 12.7 Å². The molecule has 0 aromatic rings. The number of hydrogen-bond acceptors (Lipinski definition) is 5. The minimum absolute atomic E-state index is 0.0757. The first-order valence-electron chi connectivity index (χ1n) is 3.26. The van der Waals surface area contributed by atoms with Crippen molar-refractivity contribution >= 4 is 25.8 Å². The normalized spacial score (nSPS) is 13.2. The van der Waals surface area contributed by atoms with Gasteiger partial charge in [0.2, 0.25) is 0 Å². The SMILES string of the molecule is C=CC(=O)OCC(CCl)O[P+](=O)[O-]. The van der Waals surface area contributed by atoms with Gasteiger partial charge in [-0.25, -0.2) is 4.79 Å². The standard InChI is InChI=1S/C6H8ClO5P/c1-2-6(8)11-4-5(3-7)12-13(9)10/h2,5H,1,3-4H2. The monoisotopic (exact) mass is 226 g/mol. The van der Waals surface area contributed by atoms with E-state index in [1.165, 1.54) is 0 Å². The van der Waals surface area contributed by atoms with Gasteiger partial charge in [0.15, 0.2) is 6.10 Å². The van der Waals surface area contributed by atoms with Crippen LogP contribution in [0.5, 0.6) is 0 Å². The van der Waals surface area contributed by atoms with Gasteiger partial charge in [-0.15, -0.1) is 16.1 Å². The molecule has 0 bridgehead atoms. The Labute approximate surface area is 81.2 Å². The quantitative estimate of drug-likeness (QED) is 0.283. The molecule has 5 nitrogen and oxygen atoms in total. The molecule has 7 heteroatoms. The largest absolute Gasteiger partial charge is 0.566 e. The van der Waals surface area contributed by atoms with E-state index in [2.05, 4.69) is 15.8 Å². The summed E-state index contributed by atoms with van der Waals surface area (Å²) in [6.07, 6.45) is 0.120. The molecule has 2 atom stereocenters. The van der Waals surface area contributed by atoms with Crippen LogP contribution in [0.2, 0.25) is 0 Å². The molecular formula is C6H8ClO5P. The zero-order valence-corrected chi connectivity index (χ0v) is 8.29. The summed E-state index contributed by atoms with van der Waals surface area (Å²) in [7, 11) is -2.98. The Morgan fingerprint density at radius 1 is 1.77 bits per heavy atom. The fourth-order valence-electron chi connectivity index (χ4n) is 0.459. The number of carbonyl (C=O) groups is 1. The van der Waals surface area contributed by atoms with E-state index in [9.17, 15) is 14.3 Å². The molecule has 0 saturated heterocycles. The highest BCUT2D eigenvalue weighted by molar-refractivity contribution is 7.30. The number of hydrogen-bond donors (Lipinski definition) is 0. The summed E-state index contributed by atoms with van der Waals surface area (Å²) < 4.78 is 18.9. The summed E-state index contributed by atoms with van der Waals surface area (Å²) >= 11 is 5.33. The molecule has 0 radical (unpaired) electrons. The second kappa shape index (κ2) is 6.97. The maximum Gasteiger partial charge on any atom is 0.488 e. The molecule has 0 aliphatic rings. The first kappa shape index (κ1) is 12.5. The Balaban J connectivity index is 3.77. The number of esters is 1. The fourth-order valence-corrected chi connectivity index (χ4v) is 1.08. The minimum atomic E-state index is -2.98. The summed E-state index contributed by atoms with van der Waals surface area (Å²) in [5.41, 5.74) is 0. The maximum atomic E-state index is 10.5. The van der Waals surface area contributed by atoms with Crippen LogP contribution in [-0.2, 0) is 18.6 Å². The van der Waals surface area contributed by atoms with Crippen molar-refractivity contribution in [1.82, 2.24) is 0 Å². The van der Waals surface area contributed by atoms with Crippen LogP contribution < -0.4 is 4.89 Å². The topological polar surface area (TPSA) is 75.7 Å². The maximum absolute atomic E-state index is 10.5. The Morgan fingerprint density at radius 3 is 2.77 bits per heavy atom. The Bertz CT molecular complexity index is 207. The highest BCUT2D eigenvalue weighted by Crippen LogP contribution is 2.14. The number of rotatable bonds is 6. The highest BCUT2D eigenvalue weighted by Gasteiger charge is 2.17. The van der Waals surface area contributed by atoms with E-state index >= 15 is 0 Å². The van der Waals surface area contributed by atoms with E-state index in [1.54, 1.807) is 0 Å². The molecule has 0 saturated carbocycles. The van der Waals surface area contributed by atoms with Gasteiger partial charge in [0.1, 0.15) is 6.61 Å². The molecule has 0 spiro atoms. The van der Waals surface area contributed by atoms with Crippen LogP contribution in [0.4, 0.5) is 0 Å². The van der Waals surface area contributed by atoms with Crippen molar-refractivity contribution in [1.29, 1.82) is 0 Å². The van der Waals surface area contributed by atoms with Gasteiger partial charge in [-0.1, -0.05) is 6.58 Å². The number of carbonyl (C=O) groups excluding carboxylic acids is 1. The van der Waals surface area contributed by atoms with E-state index in [-0.39, 0.29) is 12.5 Å². The summed E-state index contributed by atoms with van der Waals surface area (Å²) in [6, 6.07) is 0. The van der Waals surface area contributed by atoms with Crippen molar-refractivity contribution in [2.24, 2.45) is 0 Å². The highest BCUT2D eigenvalue weighted by atomic mass is 35.5. The van der Waals surface area contributed by atoms with Crippen molar-refractivity contribution in [3.8, 4) is 0 Å². The molecule has 13 heavy (non-hydrogen) atoms. The zero-order chi connectivity index (χ0) is 10.3. The van der Waals surface area contributed by atoms with E-state index in [1.807, 2.05) is 0 Å². The summed E-state index contributed by atoms with van der Waals surface area (Å²) in [6.45, 7) is 2.95. The van der Waals surface area contributed by atoms with Crippen LogP contribution in [0.25, 0.3) is 0 Å². The molecule has 0 heterocycles. The van der Waals surface area contributed by atoms with Crippen LogP contribution in [0.3, 0.4) is 0 Å². The van der Waals surface area contributed by atoms with Crippen molar-refractivity contribution in [3.05, 3.63) is 12.7 Å². The first-order valence-corrected chi connectivity index (χ1v) is 4.89. The summed E-state index contributed by atoms with van der Waals surface area (Å²) in [5.74, 6) is -0.729. The zero-order valence-electron chi connectivity index (χ0n) is 6.64. The Morgan fingerprint density at radius 2 is 2.38 bits per heavy atom. The van der Waals surface area contributed by atoms with E-state index < -0.39 is 20.3 Å². The van der Waals surface area contributed by atoms with E-state index in [4.69, 9.17) is 11.6 Å². The molecule has 0 rings (SSSR count). The van der Waals surface area contributed by atoms with Crippen molar-refractivity contribution in [2.75, 3.05) is 12.5 Å². The van der Waals surface area contributed by atoms with E-state index in [0.29, 0.717) is 0 Å². The van der Waals surface area contributed by atoms with Crippen molar-refractivity contribution < 1.29 is 23.5 Å². The van der Waals surface area contributed by atoms with Crippen LogP contribution in [0.1, 0.15) is 0 Å². The molecule has 2 unspecified atom stereocenters. The molecule has 0 amide bonds. The lowest BCUT2D eigenvalue weighted by molar-refractivity contribution is -0.190. The van der Waals surface area contributed by atoms with Gasteiger partial charge in [0, 0.05) is 6.08 Å². The van der Waals surface area contributed by atoms with Gasteiger partial charge < -0.3 is 9.63 Å². The van der Waals surface area contributed by atoms with Gasteiger partial charge in [0.05, 0.1) is 5.88 Å². The lowest BCUT2D eigenvalue weighted by atomic mass is 10.4. The van der Waals surface area contributed by atoms with Crippen LogP contribution in [0, 0.1) is 0 Å². The van der Waals surface area contributed by atoms with Gasteiger partial charge in [-0.3, -0.25) is 0 Å². The molecule has 0 aromatic carbocycles. The van der Waals surface area contributed by atoms with Gasteiger partial charge in [-0.05, 0) is 4.57 Å². The lowest BCUT2D eigenvalue weighted by Crippen LogP contribution is -2.21. The van der Waals surface area contributed by atoms with Gasteiger partial charge in [-0.2, -0.15) is 0 Å². The minimum Gasteiger partial charge on any atom is -0.566 e. The van der Waals surface area contributed by atoms with Crippen molar-refractivity contribution in [2.45, 2.75) is 6.10 Å². The molecule has 0 N–H and O–H groups in total. The lowest BCUT2D eigenvalue weighted by Gasteiger charge is -2.07. The third-order valence-electron chi connectivity index (χ3n) is 0.985. The third kappa shape index (κ3) is 6.66. The molecule has 0 aliphatic carbocycles. The molecule has 74 valence electrons.